The minimum Gasteiger partial charge on any atom is -0.383 e. The highest BCUT2D eigenvalue weighted by Gasteiger charge is 2.22. The van der Waals surface area contributed by atoms with Gasteiger partial charge in [0, 0.05) is 36.3 Å². The number of ether oxygens (including phenoxy) is 1. The lowest BCUT2D eigenvalue weighted by Gasteiger charge is -2.19. The van der Waals surface area contributed by atoms with Crippen LogP contribution in [-0.2, 0) is 16.1 Å². The summed E-state index contributed by atoms with van der Waals surface area (Å²) in [5.74, 6) is -0.426. The lowest BCUT2D eigenvalue weighted by Crippen LogP contribution is -2.47. The summed E-state index contributed by atoms with van der Waals surface area (Å²) in [6, 6.07) is 8.61. The van der Waals surface area contributed by atoms with Crippen LogP contribution in [0.5, 0.6) is 0 Å². The number of nitrogens with one attached hydrogen (secondary N) is 2. The number of aromatic nitrogens is 1. The molecule has 0 bridgehead atoms. The van der Waals surface area contributed by atoms with E-state index in [0.717, 1.165) is 17.4 Å². The van der Waals surface area contributed by atoms with Gasteiger partial charge in [0.1, 0.15) is 12.6 Å². The average Bonchev–Trinajstić information content (AvgIpc) is 3.05. The molecular formula is C20H26N4O3. The van der Waals surface area contributed by atoms with Crippen molar-refractivity contribution in [2.24, 2.45) is 5.92 Å². The Bertz CT molecular complexity index is 835. The number of hydrogen-bond acceptors (Lipinski definition) is 4. The lowest BCUT2D eigenvalue weighted by molar-refractivity contribution is -0.123. The van der Waals surface area contributed by atoms with Crippen molar-refractivity contribution in [3.63, 3.8) is 0 Å². The number of carbonyl (C=O) groups excluding carboxylic acids is 2. The Kier molecular flexibility index (Phi) is 7.38. The number of hydrogen-bond donors (Lipinski definition) is 2. The lowest BCUT2D eigenvalue weighted by atomic mass is 10.0. The molecule has 0 aliphatic carbocycles. The molecule has 0 fully saturated rings. The molecule has 0 saturated heterocycles. The Morgan fingerprint density at radius 2 is 2.07 bits per heavy atom. The molecule has 0 saturated carbocycles. The van der Waals surface area contributed by atoms with Gasteiger partial charge in [-0.05, 0) is 36.6 Å². The molecule has 2 rings (SSSR count). The van der Waals surface area contributed by atoms with Crippen molar-refractivity contribution < 1.29 is 14.3 Å². The molecule has 2 amide bonds. The van der Waals surface area contributed by atoms with Gasteiger partial charge in [-0.2, -0.15) is 5.26 Å². The number of carbonyl (C=O) groups is 2. The van der Waals surface area contributed by atoms with Crippen LogP contribution >= 0.6 is 0 Å². The third-order valence-corrected chi connectivity index (χ3v) is 4.24. The maximum Gasteiger partial charge on any atom is 0.251 e. The van der Waals surface area contributed by atoms with Crippen molar-refractivity contribution in [2.45, 2.75) is 32.9 Å². The van der Waals surface area contributed by atoms with Crippen LogP contribution in [0.3, 0.4) is 0 Å². The van der Waals surface area contributed by atoms with Crippen LogP contribution < -0.4 is 10.6 Å². The maximum atomic E-state index is 12.7. The summed E-state index contributed by atoms with van der Waals surface area (Å²) in [6.45, 7) is 5.23. The zero-order chi connectivity index (χ0) is 19.8. The smallest absolute Gasteiger partial charge is 0.251 e. The van der Waals surface area contributed by atoms with Gasteiger partial charge in [0.25, 0.3) is 5.91 Å². The van der Waals surface area contributed by atoms with E-state index in [9.17, 15) is 9.59 Å². The summed E-state index contributed by atoms with van der Waals surface area (Å²) >= 11 is 0. The molecule has 2 aromatic rings. The fourth-order valence-corrected chi connectivity index (χ4v) is 2.92. The number of benzene rings is 1. The standard InChI is InChI=1S/C20H26N4O3/c1-14(2)12-17(20(26)22-8-7-21)23-19(25)16-4-5-18-15(13-16)6-9-24(18)10-11-27-3/h4-6,9,13-14,17H,8,10-12H2,1-3H3,(H,22,26)(H,23,25). The minimum absolute atomic E-state index is 0.0791. The highest BCUT2D eigenvalue weighted by atomic mass is 16.5. The molecule has 0 aliphatic heterocycles. The molecule has 27 heavy (non-hydrogen) atoms. The van der Waals surface area contributed by atoms with E-state index in [1.54, 1.807) is 13.2 Å². The Labute approximate surface area is 159 Å². The Balaban J connectivity index is 2.14. The molecule has 1 heterocycles. The van der Waals surface area contributed by atoms with E-state index in [1.807, 2.05) is 44.3 Å². The molecule has 1 aromatic heterocycles. The van der Waals surface area contributed by atoms with Crippen LogP contribution in [0.25, 0.3) is 10.9 Å². The molecular weight excluding hydrogens is 344 g/mol. The first-order valence-corrected chi connectivity index (χ1v) is 8.99. The van der Waals surface area contributed by atoms with Gasteiger partial charge in [-0.3, -0.25) is 9.59 Å². The third kappa shape index (κ3) is 5.56. The van der Waals surface area contributed by atoms with E-state index in [4.69, 9.17) is 10.00 Å². The van der Waals surface area contributed by atoms with Crippen molar-refractivity contribution >= 4 is 22.7 Å². The maximum absolute atomic E-state index is 12.7. The summed E-state index contributed by atoms with van der Waals surface area (Å²) < 4.78 is 7.18. The normalized spacial score (nSPS) is 12.0. The number of nitrogens with zero attached hydrogens (tertiary/aromatic N) is 2. The van der Waals surface area contributed by atoms with Crippen LogP contribution in [0.1, 0.15) is 30.6 Å². The van der Waals surface area contributed by atoms with E-state index in [0.29, 0.717) is 18.6 Å². The summed E-state index contributed by atoms with van der Waals surface area (Å²) in [6.07, 6.45) is 2.46. The van der Waals surface area contributed by atoms with E-state index >= 15 is 0 Å². The van der Waals surface area contributed by atoms with Crippen molar-refractivity contribution in [1.82, 2.24) is 15.2 Å². The van der Waals surface area contributed by atoms with Gasteiger partial charge in [0.2, 0.25) is 5.91 Å². The van der Waals surface area contributed by atoms with Crippen molar-refractivity contribution in [2.75, 3.05) is 20.3 Å². The third-order valence-electron chi connectivity index (χ3n) is 4.24. The summed E-state index contributed by atoms with van der Waals surface area (Å²) in [7, 11) is 1.66. The molecule has 1 unspecified atom stereocenters. The fourth-order valence-electron chi connectivity index (χ4n) is 2.92. The quantitative estimate of drug-likeness (QED) is 0.661. The van der Waals surface area contributed by atoms with Crippen LogP contribution in [0, 0.1) is 17.2 Å². The zero-order valence-corrected chi connectivity index (χ0v) is 16.0. The predicted molar refractivity (Wildman–Crippen MR) is 103 cm³/mol. The molecule has 144 valence electrons. The Hall–Kier alpha value is -2.85. The Morgan fingerprint density at radius 3 is 2.74 bits per heavy atom. The van der Waals surface area contributed by atoms with Gasteiger partial charge in [-0.25, -0.2) is 0 Å². The van der Waals surface area contributed by atoms with Gasteiger partial charge in [0.15, 0.2) is 0 Å². The van der Waals surface area contributed by atoms with E-state index in [1.165, 1.54) is 0 Å². The highest BCUT2D eigenvalue weighted by Crippen LogP contribution is 2.18. The Morgan fingerprint density at radius 1 is 1.30 bits per heavy atom. The second-order valence-corrected chi connectivity index (χ2v) is 6.81. The van der Waals surface area contributed by atoms with E-state index in [2.05, 4.69) is 15.2 Å². The molecule has 0 aliphatic rings. The number of methoxy groups -OCH3 is 1. The van der Waals surface area contributed by atoms with Gasteiger partial charge in [-0.1, -0.05) is 13.8 Å². The first-order chi connectivity index (χ1) is 13.0. The highest BCUT2D eigenvalue weighted by molar-refractivity contribution is 6.00. The number of rotatable bonds is 9. The monoisotopic (exact) mass is 370 g/mol. The second kappa shape index (κ2) is 9.74. The number of fused-ring (bicyclic) bond motifs is 1. The van der Waals surface area contributed by atoms with Crippen LogP contribution in [-0.4, -0.2) is 42.7 Å². The first kappa shape index (κ1) is 20.5. The van der Waals surface area contributed by atoms with Crippen LogP contribution in [0.4, 0.5) is 0 Å². The van der Waals surface area contributed by atoms with Gasteiger partial charge in [0.05, 0.1) is 12.7 Å². The van der Waals surface area contributed by atoms with E-state index in [-0.39, 0.29) is 24.3 Å². The summed E-state index contributed by atoms with van der Waals surface area (Å²) in [5.41, 5.74) is 1.52. The van der Waals surface area contributed by atoms with Gasteiger partial charge in [-0.15, -0.1) is 0 Å². The summed E-state index contributed by atoms with van der Waals surface area (Å²) in [4.78, 5) is 24.9. The molecule has 0 spiro atoms. The molecule has 0 radical (unpaired) electrons. The van der Waals surface area contributed by atoms with Crippen LogP contribution in [0.15, 0.2) is 30.5 Å². The SMILES string of the molecule is COCCn1ccc2cc(C(=O)NC(CC(C)C)C(=O)NCC#N)ccc21. The second-order valence-electron chi connectivity index (χ2n) is 6.81. The first-order valence-electron chi connectivity index (χ1n) is 8.99. The largest absolute Gasteiger partial charge is 0.383 e. The number of amides is 2. The summed E-state index contributed by atoms with van der Waals surface area (Å²) in [5, 5.41) is 14.9. The fraction of sp³-hybridized carbons (Fsp3) is 0.450. The molecule has 7 heteroatoms. The van der Waals surface area contributed by atoms with Crippen LogP contribution in [0.2, 0.25) is 0 Å². The van der Waals surface area contributed by atoms with E-state index < -0.39 is 6.04 Å². The van der Waals surface area contributed by atoms with Gasteiger partial charge >= 0.3 is 0 Å². The minimum atomic E-state index is -0.673. The van der Waals surface area contributed by atoms with Crippen molar-refractivity contribution in [3.8, 4) is 6.07 Å². The molecule has 1 atom stereocenters. The van der Waals surface area contributed by atoms with Gasteiger partial charge < -0.3 is 19.9 Å². The average molecular weight is 370 g/mol. The predicted octanol–water partition coefficient (Wildman–Crippen LogP) is 2.07. The topological polar surface area (TPSA) is 96.2 Å². The molecule has 7 nitrogen and oxygen atoms in total. The zero-order valence-electron chi connectivity index (χ0n) is 16.0. The van der Waals surface area contributed by atoms with Crippen molar-refractivity contribution in [1.29, 1.82) is 5.26 Å². The van der Waals surface area contributed by atoms with Crippen molar-refractivity contribution in [3.05, 3.63) is 36.0 Å². The number of nitriles is 1. The molecule has 1 aromatic carbocycles. The molecule has 2 N–H and O–H groups in total.